The van der Waals surface area contributed by atoms with Crippen molar-refractivity contribution >= 4 is 11.7 Å². The van der Waals surface area contributed by atoms with E-state index in [9.17, 15) is 4.79 Å². The second-order valence-corrected chi connectivity index (χ2v) is 4.11. The first-order valence-corrected chi connectivity index (χ1v) is 5.71. The van der Waals surface area contributed by atoms with E-state index in [-0.39, 0.29) is 0 Å². The number of esters is 1. The van der Waals surface area contributed by atoms with Gasteiger partial charge in [-0.15, -0.1) is 0 Å². The molecule has 1 N–H and O–H groups in total. The molecular formula is C12H17N3O2. The summed E-state index contributed by atoms with van der Waals surface area (Å²) in [6, 6.07) is 4.22. The summed E-state index contributed by atoms with van der Waals surface area (Å²) >= 11 is 0. The molecule has 1 aromatic heterocycles. The van der Waals surface area contributed by atoms with Gasteiger partial charge < -0.3 is 15.0 Å². The molecule has 0 amide bonds. The Morgan fingerprint density at radius 3 is 3.12 bits per heavy atom. The predicted octanol–water partition coefficient (Wildman–Crippen LogP) is 0.666. The first kappa shape index (κ1) is 11.9. The lowest BCUT2D eigenvalue weighted by Crippen LogP contribution is -2.29. The predicted molar refractivity (Wildman–Crippen MR) is 65.3 cm³/mol. The summed E-state index contributed by atoms with van der Waals surface area (Å²) in [6.45, 7) is 1.96. The fourth-order valence-corrected chi connectivity index (χ4v) is 2.06. The van der Waals surface area contributed by atoms with Crippen molar-refractivity contribution < 1.29 is 9.53 Å². The van der Waals surface area contributed by atoms with Gasteiger partial charge in [0, 0.05) is 31.0 Å². The van der Waals surface area contributed by atoms with Gasteiger partial charge in [-0.2, -0.15) is 0 Å². The van der Waals surface area contributed by atoms with Gasteiger partial charge in [0.05, 0.1) is 7.11 Å². The molecule has 0 bridgehead atoms. The van der Waals surface area contributed by atoms with Gasteiger partial charge >= 0.3 is 5.97 Å². The van der Waals surface area contributed by atoms with Crippen LogP contribution in [0.1, 0.15) is 16.9 Å². The van der Waals surface area contributed by atoms with Gasteiger partial charge in [-0.3, -0.25) is 0 Å². The standard InChI is InChI=1S/C12H17N3O2/c1-13-9-4-6-15(8-9)10-3-5-14-11(7-10)12(16)17-2/h3,5,7,9,13H,4,6,8H2,1-2H3. The van der Waals surface area contributed by atoms with Crippen molar-refractivity contribution in [2.45, 2.75) is 12.5 Å². The zero-order valence-electron chi connectivity index (χ0n) is 10.1. The van der Waals surface area contributed by atoms with Gasteiger partial charge in [-0.25, -0.2) is 9.78 Å². The quantitative estimate of drug-likeness (QED) is 0.780. The molecule has 0 aliphatic carbocycles. The zero-order chi connectivity index (χ0) is 12.3. The van der Waals surface area contributed by atoms with Gasteiger partial charge in [0.1, 0.15) is 5.69 Å². The van der Waals surface area contributed by atoms with Crippen molar-refractivity contribution in [1.82, 2.24) is 10.3 Å². The number of ether oxygens (including phenoxy) is 1. The Bertz CT molecular complexity index is 408. The highest BCUT2D eigenvalue weighted by atomic mass is 16.5. The normalized spacial score (nSPS) is 19.4. The Labute approximate surface area is 101 Å². The molecule has 5 nitrogen and oxygen atoms in total. The maximum Gasteiger partial charge on any atom is 0.356 e. The summed E-state index contributed by atoms with van der Waals surface area (Å²) in [6.07, 6.45) is 2.76. The zero-order valence-corrected chi connectivity index (χ0v) is 10.1. The van der Waals surface area contributed by atoms with E-state index in [2.05, 4.69) is 19.9 Å². The van der Waals surface area contributed by atoms with Crippen molar-refractivity contribution in [3.63, 3.8) is 0 Å². The summed E-state index contributed by atoms with van der Waals surface area (Å²) in [4.78, 5) is 17.6. The largest absolute Gasteiger partial charge is 0.464 e. The summed E-state index contributed by atoms with van der Waals surface area (Å²) in [5.74, 6) is -0.392. The second kappa shape index (κ2) is 5.14. The minimum Gasteiger partial charge on any atom is -0.464 e. The number of hydrogen-bond acceptors (Lipinski definition) is 5. The average molecular weight is 235 g/mol. The van der Waals surface area contributed by atoms with E-state index in [1.165, 1.54) is 7.11 Å². The smallest absolute Gasteiger partial charge is 0.356 e. The van der Waals surface area contributed by atoms with Crippen molar-refractivity contribution in [3.05, 3.63) is 24.0 Å². The number of anilines is 1. The highest BCUT2D eigenvalue weighted by Crippen LogP contribution is 2.20. The molecule has 1 fully saturated rings. The minimum absolute atomic E-state index is 0.359. The molecule has 1 aliphatic rings. The Morgan fingerprint density at radius 1 is 1.65 bits per heavy atom. The van der Waals surface area contributed by atoms with E-state index in [0.29, 0.717) is 11.7 Å². The van der Waals surface area contributed by atoms with Crippen LogP contribution in [0.15, 0.2) is 18.3 Å². The maximum atomic E-state index is 11.4. The van der Waals surface area contributed by atoms with Gasteiger partial charge in [-0.1, -0.05) is 0 Å². The number of likely N-dealkylation sites (N-methyl/N-ethyl adjacent to an activating group) is 1. The average Bonchev–Trinajstić information content (AvgIpc) is 2.86. The SMILES string of the molecule is CNC1CCN(c2ccnc(C(=O)OC)c2)C1. The number of rotatable bonds is 3. The molecule has 2 rings (SSSR count). The van der Waals surface area contributed by atoms with E-state index < -0.39 is 5.97 Å². The van der Waals surface area contributed by atoms with E-state index in [1.807, 2.05) is 13.1 Å². The molecule has 1 aliphatic heterocycles. The number of nitrogens with one attached hydrogen (secondary N) is 1. The molecule has 92 valence electrons. The molecule has 1 saturated heterocycles. The van der Waals surface area contributed by atoms with E-state index in [4.69, 9.17) is 0 Å². The van der Waals surface area contributed by atoms with Gasteiger partial charge in [0.15, 0.2) is 0 Å². The fraction of sp³-hybridized carbons (Fsp3) is 0.500. The third kappa shape index (κ3) is 2.55. The van der Waals surface area contributed by atoms with Crippen molar-refractivity contribution in [1.29, 1.82) is 0 Å². The lowest BCUT2D eigenvalue weighted by Gasteiger charge is -2.18. The highest BCUT2D eigenvalue weighted by molar-refractivity contribution is 5.88. The molecule has 0 spiro atoms. The molecule has 0 radical (unpaired) electrons. The lowest BCUT2D eigenvalue weighted by atomic mass is 10.3. The number of nitrogens with zero attached hydrogens (tertiary/aromatic N) is 2. The van der Waals surface area contributed by atoms with Crippen molar-refractivity contribution in [2.75, 3.05) is 32.1 Å². The van der Waals surface area contributed by atoms with E-state index in [1.54, 1.807) is 12.3 Å². The van der Waals surface area contributed by atoms with Gasteiger partial charge in [0.2, 0.25) is 0 Å². The van der Waals surface area contributed by atoms with E-state index >= 15 is 0 Å². The van der Waals surface area contributed by atoms with Crippen LogP contribution in [-0.2, 0) is 4.74 Å². The summed E-state index contributed by atoms with van der Waals surface area (Å²) in [5, 5.41) is 3.26. The molecule has 5 heteroatoms. The number of carbonyl (C=O) groups excluding carboxylic acids is 1. The minimum atomic E-state index is -0.392. The van der Waals surface area contributed by atoms with Crippen LogP contribution in [0.5, 0.6) is 0 Å². The first-order chi connectivity index (χ1) is 8.24. The third-order valence-corrected chi connectivity index (χ3v) is 3.10. The fourth-order valence-electron chi connectivity index (χ4n) is 2.06. The molecular weight excluding hydrogens is 218 g/mol. The Morgan fingerprint density at radius 2 is 2.47 bits per heavy atom. The molecule has 2 heterocycles. The van der Waals surface area contributed by atoms with Crippen LogP contribution < -0.4 is 10.2 Å². The molecule has 1 atom stereocenters. The Balaban J connectivity index is 2.14. The number of methoxy groups -OCH3 is 1. The van der Waals surface area contributed by atoms with Gasteiger partial charge in [0.25, 0.3) is 0 Å². The molecule has 17 heavy (non-hydrogen) atoms. The van der Waals surface area contributed by atoms with Crippen LogP contribution in [0.25, 0.3) is 0 Å². The number of hydrogen-bond donors (Lipinski definition) is 1. The molecule has 0 aromatic carbocycles. The van der Waals surface area contributed by atoms with Crippen molar-refractivity contribution in [2.24, 2.45) is 0 Å². The Kier molecular flexibility index (Phi) is 3.58. The lowest BCUT2D eigenvalue weighted by molar-refractivity contribution is 0.0594. The van der Waals surface area contributed by atoms with E-state index in [0.717, 1.165) is 25.2 Å². The van der Waals surface area contributed by atoms with Crippen molar-refractivity contribution in [3.8, 4) is 0 Å². The second-order valence-electron chi connectivity index (χ2n) is 4.11. The summed E-state index contributed by atoms with van der Waals surface area (Å²) in [5.41, 5.74) is 1.39. The molecule has 1 unspecified atom stereocenters. The number of carbonyl (C=O) groups is 1. The summed E-state index contributed by atoms with van der Waals surface area (Å²) < 4.78 is 4.66. The van der Waals surface area contributed by atoms with Crippen LogP contribution in [0.4, 0.5) is 5.69 Å². The monoisotopic (exact) mass is 235 g/mol. The third-order valence-electron chi connectivity index (χ3n) is 3.10. The van der Waals surface area contributed by atoms with Gasteiger partial charge in [-0.05, 0) is 25.6 Å². The summed E-state index contributed by atoms with van der Waals surface area (Å²) in [7, 11) is 3.34. The molecule has 1 aromatic rings. The highest BCUT2D eigenvalue weighted by Gasteiger charge is 2.21. The first-order valence-electron chi connectivity index (χ1n) is 5.71. The maximum absolute atomic E-state index is 11.4. The number of aromatic nitrogens is 1. The van der Waals surface area contributed by atoms with Crippen LogP contribution in [-0.4, -0.2) is 44.2 Å². The van der Waals surface area contributed by atoms with Crippen LogP contribution in [0.2, 0.25) is 0 Å². The Hall–Kier alpha value is -1.62. The topological polar surface area (TPSA) is 54.5 Å². The van der Waals surface area contributed by atoms with Crippen LogP contribution in [0, 0.1) is 0 Å². The number of pyridine rings is 1. The van der Waals surface area contributed by atoms with Crippen LogP contribution in [0.3, 0.4) is 0 Å². The van der Waals surface area contributed by atoms with Crippen LogP contribution >= 0.6 is 0 Å². The molecule has 0 saturated carbocycles.